The Morgan fingerprint density at radius 1 is 1.00 bits per heavy atom. The van der Waals surface area contributed by atoms with E-state index >= 15 is 0 Å². The lowest BCUT2D eigenvalue weighted by atomic mass is 10.1. The normalized spacial score (nSPS) is 14.1. The molecule has 2 heterocycles. The van der Waals surface area contributed by atoms with Gasteiger partial charge in [-0.05, 0) is 62.7 Å². The molecule has 6 heteroatoms. The van der Waals surface area contributed by atoms with Crippen molar-refractivity contribution < 1.29 is 4.79 Å². The summed E-state index contributed by atoms with van der Waals surface area (Å²) < 4.78 is 1.85. The van der Waals surface area contributed by atoms with Crippen molar-refractivity contribution in [1.82, 2.24) is 14.7 Å². The predicted molar refractivity (Wildman–Crippen MR) is 121 cm³/mol. The monoisotopic (exact) mass is 403 g/mol. The molecule has 2 aromatic carbocycles. The fraction of sp³-hybridized carbons (Fsp3) is 0.333. The van der Waals surface area contributed by atoms with Crippen molar-refractivity contribution in [2.24, 2.45) is 0 Å². The van der Waals surface area contributed by atoms with Crippen LogP contribution in [0.2, 0.25) is 0 Å². The molecular formula is C24H29N5O. The Kier molecular flexibility index (Phi) is 6.44. The molecule has 0 saturated carbocycles. The van der Waals surface area contributed by atoms with Crippen molar-refractivity contribution in [3.05, 3.63) is 72.6 Å². The number of aromatic nitrogens is 2. The molecule has 1 aliphatic heterocycles. The summed E-state index contributed by atoms with van der Waals surface area (Å²) in [6, 6.07) is 18.2. The molecule has 1 saturated heterocycles. The van der Waals surface area contributed by atoms with E-state index < -0.39 is 0 Å². The van der Waals surface area contributed by atoms with E-state index in [1.165, 1.54) is 24.9 Å². The van der Waals surface area contributed by atoms with E-state index in [0.29, 0.717) is 13.1 Å². The molecule has 0 atom stereocenters. The van der Waals surface area contributed by atoms with Crippen molar-refractivity contribution in [3.8, 4) is 5.69 Å². The number of anilines is 2. The van der Waals surface area contributed by atoms with E-state index in [1.807, 2.05) is 71.5 Å². The SMILES string of the molecule is CN(CC(=O)Nc1ccc(N2CCCCC2)cc1)Cc1cnn(-c2ccccc2)c1. The largest absolute Gasteiger partial charge is 0.372 e. The maximum Gasteiger partial charge on any atom is 0.238 e. The first-order chi connectivity index (χ1) is 14.7. The van der Waals surface area contributed by atoms with Crippen LogP contribution in [0.25, 0.3) is 5.69 Å². The summed E-state index contributed by atoms with van der Waals surface area (Å²) in [5.74, 6) is -0.0151. The van der Waals surface area contributed by atoms with E-state index in [4.69, 9.17) is 0 Å². The first-order valence-electron chi connectivity index (χ1n) is 10.6. The molecule has 156 valence electrons. The van der Waals surface area contributed by atoms with Gasteiger partial charge in [-0.15, -0.1) is 0 Å². The molecule has 1 aromatic heterocycles. The molecule has 3 aromatic rings. The first kappa shape index (κ1) is 20.2. The van der Waals surface area contributed by atoms with Crippen molar-refractivity contribution in [2.45, 2.75) is 25.8 Å². The Labute approximate surface area is 178 Å². The van der Waals surface area contributed by atoms with Crippen molar-refractivity contribution in [1.29, 1.82) is 0 Å². The number of carbonyl (C=O) groups is 1. The maximum atomic E-state index is 12.4. The zero-order valence-electron chi connectivity index (χ0n) is 17.5. The fourth-order valence-electron chi connectivity index (χ4n) is 3.88. The average molecular weight is 404 g/mol. The van der Waals surface area contributed by atoms with Crippen LogP contribution < -0.4 is 10.2 Å². The highest BCUT2D eigenvalue weighted by molar-refractivity contribution is 5.92. The molecule has 0 aliphatic carbocycles. The van der Waals surface area contributed by atoms with Gasteiger partial charge in [0.25, 0.3) is 0 Å². The number of amides is 1. The number of rotatable bonds is 7. The zero-order valence-corrected chi connectivity index (χ0v) is 17.5. The number of benzene rings is 2. The van der Waals surface area contributed by atoms with Gasteiger partial charge in [-0.25, -0.2) is 4.68 Å². The molecule has 0 radical (unpaired) electrons. The second-order valence-electron chi connectivity index (χ2n) is 7.94. The molecular weight excluding hydrogens is 374 g/mol. The van der Waals surface area contributed by atoms with Crippen LogP contribution >= 0.6 is 0 Å². The van der Waals surface area contributed by atoms with Gasteiger partial charge in [0.1, 0.15) is 0 Å². The summed E-state index contributed by atoms with van der Waals surface area (Å²) in [5.41, 5.74) is 4.17. The predicted octanol–water partition coefficient (Wildman–Crippen LogP) is 3.93. The molecule has 4 rings (SSSR count). The Hall–Kier alpha value is -3.12. The van der Waals surface area contributed by atoms with Gasteiger partial charge < -0.3 is 10.2 Å². The minimum Gasteiger partial charge on any atom is -0.372 e. The van der Waals surface area contributed by atoms with E-state index in [9.17, 15) is 4.79 Å². The van der Waals surface area contributed by atoms with E-state index in [-0.39, 0.29) is 5.91 Å². The average Bonchev–Trinajstić information content (AvgIpc) is 3.23. The standard InChI is InChI=1S/C24H29N5O/c1-27(17-20-16-25-29(18-20)23-8-4-2-5-9-23)19-24(30)26-21-10-12-22(13-11-21)28-14-6-3-7-15-28/h2,4-5,8-13,16,18H,3,6-7,14-15,17,19H2,1H3,(H,26,30). The molecule has 0 bridgehead atoms. The quantitative estimate of drug-likeness (QED) is 0.649. The molecule has 0 unspecified atom stereocenters. The summed E-state index contributed by atoms with van der Waals surface area (Å²) in [6.45, 7) is 3.23. The number of para-hydroxylation sites is 1. The molecule has 1 amide bonds. The minimum atomic E-state index is -0.0151. The maximum absolute atomic E-state index is 12.4. The van der Waals surface area contributed by atoms with Crippen molar-refractivity contribution in [3.63, 3.8) is 0 Å². The van der Waals surface area contributed by atoms with Crippen molar-refractivity contribution in [2.75, 3.05) is 36.9 Å². The highest BCUT2D eigenvalue weighted by Gasteiger charge is 2.12. The third kappa shape index (κ3) is 5.27. The molecule has 6 nitrogen and oxygen atoms in total. The third-order valence-corrected chi connectivity index (χ3v) is 5.40. The lowest BCUT2D eigenvalue weighted by molar-refractivity contribution is -0.117. The number of carbonyl (C=O) groups excluding carboxylic acids is 1. The van der Waals surface area contributed by atoms with Gasteiger partial charge >= 0.3 is 0 Å². The molecule has 30 heavy (non-hydrogen) atoms. The van der Waals surface area contributed by atoms with Crippen LogP contribution in [0, 0.1) is 0 Å². The molecule has 0 spiro atoms. The molecule has 1 fully saturated rings. The van der Waals surface area contributed by atoms with Gasteiger partial charge in [0, 0.05) is 42.8 Å². The highest BCUT2D eigenvalue weighted by Crippen LogP contribution is 2.21. The topological polar surface area (TPSA) is 53.4 Å². The van der Waals surface area contributed by atoms with Gasteiger partial charge in [-0.2, -0.15) is 5.10 Å². The second-order valence-corrected chi connectivity index (χ2v) is 7.94. The zero-order chi connectivity index (χ0) is 20.8. The summed E-state index contributed by atoms with van der Waals surface area (Å²) in [7, 11) is 1.94. The lowest BCUT2D eigenvalue weighted by Gasteiger charge is -2.28. The number of piperidine rings is 1. The minimum absolute atomic E-state index is 0.0151. The molecule has 1 N–H and O–H groups in total. The number of hydrogen-bond donors (Lipinski definition) is 1. The van der Waals surface area contributed by atoms with Crippen LogP contribution in [0.4, 0.5) is 11.4 Å². The Balaban J connectivity index is 1.27. The highest BCUT2D eigenvalue weighted by atomic mass is 16.2. The van der Waals surface area contributed by atoms with Gasteiger partial charge in [0.2, 0.25) is 5.91 Å². The number of hydrogen-bond acceptors (Lipinski definition) is 4. The Morgan fingerprint density at radius 3 is 2.47 bits per heavy atom. The van der Waals surface area contributed by atoms with Gasteiger partial charge in [0.15, 0.2) is 0 Å². The summed E-state index contributed by atoms with van der Waals surface area (Å²) >= 11 is 0. The summed E-state index contributed by atoms with van der Waals surface area (Å²) in [4.78, 5) is 16.8. The first-order valence-corrected chi connectivity index (χ1v) is 10.6. The van der Waals surface area contributed by atoms with E-state index in [2.05, 4.69) is 27.4 Å². The van der Waals surface area contributed by atoms with Gasteiger partial charge in [0.05, 0.1) is 18.4 Å². The van der Waals surface area contributed by atoms with Crippen LogP contribution in [0.5, 0.6) is 0 Å². The van der Waals surface area contributed by atoms with Gasteiger partial charge in [-0.3, -0.25) is 9.69 Å². The Morgan fingerprint density at radius 2 is 1.73 bits per heavy atom. The van der Waals surface area contributed by atoms with Crippen LogP contribution in [-0.4, -0.2) is 47.3 Å². The smallest absolute Gasteiger partial charge is 0.238 e. The van der Waals surface area contributed by atoms with Crippen molar-refractivity contribution >= 4 is 17.3 Å². The van der Waals surface area contributed by atoms with Crippen LogP contribution in [0.1, 0.15) is 24.8 Å². The third-order valence-electron chi connectivity index (χ3n) is 5.40. The number of nitrogens with one attached hydrogen (secondary N) is 1. The number of nitrogens with zero attached hydrogens (tertiary/aromatic N) is 4. The number of likely N-dealkylation sites (N-methyl/N-ethyl adjacent to an activating group) is 1. The van der Waals surface area contributed by atoms with E-state index in [0.717, 1.165) is 30.0 Å². The van der Waals surface area contributed by atoms with Crippen LogP contribution in [0.3, 0.4) is 0 Å². The van der Waals surface area contributed by atoms with Gasteiger partial charge in [-0.1, -0.05) is 18.2 Å². The van der Waals surface area contributed by atoms with Crippen LogP contribution in [-0.2, 0) is 11.3 Å². The summed E-state index contributed by atoms with van der Waals surface area (Å²) in [6.07, 6.45) is 7.69. The lowest BCUT2D eigenvalue weighted by Crippen LogP contribution is -2.30. The van der Waals surface area contributed by atoms with E-state index in [1.54, 1.807) is 0 Å². The molecule has 1 aliphatic rings. The second kappa shape index (κ2) is 9.59. The fourth-order valence-corrected chi connectivity index (χ4v) is 3.88. The Bertz CT molecular complexity index is 945. The summed E-state index contributed by atoms with van der Waals surface area (Å²) in [5, 5.41) is 7.42. The van der Waals surface area contributed by atoms with Crippen LogP contribution in [0.15, 0.2) is 67.0 Å².